The van der Waals surface area contributed by atoms with Gasteiger partial charge < -0.3 is 15.8 Å². The summed E-state index contributed by atoms with van der Waals surface area (Å²) in [7, 11) is 0. The number of carbonyl (C=O) groups excluding carboxylic acids is 1. The molecule has 1 aliphatic carbocycles. The maximum Gasteiger partial charge on any atom is 0.218 e. The topological polar surface area (TPSA) is 64.3 Å². The van der Waals surface area contributed by atoms with E-state index in [1.54, 1.807) is 0 Å². The Hall–Kier alpha value is -0.610. The van der Waals surface area contributed by atoms with Crippen molar-refractivity contribution in [2.75, 3.05) is 13.2 Å². The summed E-state index contributed by atoms with van der Waals surface area (Å²) in [6.07, 6.45) is 3.21. The van der Waals surface area contributed by atoms with Gasteiger partial charge in [0, 0.05) is 36.9 Å². The Morgan fingerprint density at radius 2 is 2.31 bits per heavy atom. The SMILES string of the molecule is CC1(C)C(NCCC(N)=O)C2CCCOC21. The predicted molar refractivity (Wildman–Crippen MR) is 61.8 cm³/mol. The van der Waals surface area contributed by atoms with Crippen molar-refractivity contribution in [2.45, 2.75) is 45.3 Å². The van der Waals surface area contributed by atoms with Crippen molar-refractivity contribution in [1.82, 2.24) is 5.32 Å². The third-order valence-corrected chi connectivity index (χ3v) is 4.07. The maximum atomic E-state index is 10.7. The highest BCUT2D eigenvalue weighted by molar-refractivity contribution is 5.73. The van der Waals surface area contributed by atoms with Gasteiger partial charge in [-0.3, -0.25) is 4.79 Å². The minimum Gasteiger partial charge on any atom is -0.377 e. The third kappa shape index (κ3) is 1.96. The number of nitrogens with one attached hydrogen (secondary N) is 1. The molecule has 3 unspecified atom stereocenters. The monoisotopic (exact) mass is 226 g/mol. The molecule has 0 spiro atoms. The van der Waals surface area contributed by atoms with E-state index in [4.69, 9.17) is 10.5 Å². The average Bonchev–Trinajstić information content (AvgIpc) is 2.24. The quantitative estimate of drug-likeness (QED) is 0.740. The fourth-order valence-corrected chi connectivity index (χ4v) is 3.29. The molecule has 0 aromatic carbocycles. The zero-order valence-electron chi connectivity index (χ0n) is 10.2. The Balaban J connectivity index is 1.86. The maximum absolute atomic E-state index is 10.7. The van der Waals surface area contributed by atoms with Crippen LogP contribution in [0.5, 0.6) is 0 Å². The van der Waals surface area contributed by atoms with E-state index in [1.807, 2.05) is 0 Å². The Kier molecular flexibility index (Phi) is 3.22. The summed E-state index contributed by atoms with van der Waals surface area (Å²) in [5.41, 5.74) is 5.32. The molecule has 1 saturated carbocycles. The highest BCUT2D eigenvalue weighted by atomic mass is 16.5. The molecule has 3 atom stereocenters. The molecule has 4 nitrogen and oxygen atoms in total. The Bertz CT molecular complexity index is 278. The molecular formula is C12H22N2O2. The van der Waals surface area contributed by atoms with E-state index >= 15 is 0 Å². The molecule has 3 N–H and O–H groups in total. The summed E-state index contributed by atoms with van der Waals surface area (Å²) in [5.74, 6) is 0.387. The lowest BCUT2D eigenvalue weighted by Crippen LogP contribution is -2.69. The molecule has 0 radical (unpaired) electrons. The van der Waals surface area contributed by atoms with Crippen molar-refractivity contribution < 1.29 is 9.53 Å². The van der Waals surface area contributed by atoms with Crippen LogP contribution in [0.1, 0.15) is 33.1 Å². The molecule has 1 saturated heterocycles. The average molecular weight is 226 g/mol. The summed E-state index contributed by atoms with van der Waals surface area (Å²) in [5, 5.41) is 3.46. The minimum absolute atomic E-state index is 0.183. The summed E-state index contributed by atoms with van der Waals surface area (Å²) >= 11 is 0. The molecule has 0 aromatic heterocycles. The first-order chi connectivity index (χ1) is 7.53. The number of carbonyl (C=O) groups is 1. The number of amides is 1. The number of hydrogen-bond acceptors (Lipinski definition) is 3. The normalized spacial score (nSPS) is 36.2. The van der Waals surface area contributed by atoms with Crippen LogP contribution in [0.15, 0.2) is 0 Å². The first kappa shape index (κ1) is 11.9. The Morgan fingerprint density at radius 3 is 3.00 bits per heavy atom. The fraction of sp³-hybridized carbons (Fsp3) is 0.917. The first-order valence-corrected chi connectivity index (χ1v) is 6.17. The molecule has 1 aliphatic heterocycles. The summed E-state index contributed by atoms with van der Waals surface area (Å²) in [4.78, 5) is 10.7. The number of fused-ring (bicyclic) bond motifs is 1. The van der Waals surface area contributed by atoms with E-state index in [2.05, 4.69) is 19.2 Å². The molecule has 1 heterocycles. The molecule has 1 amide bonds. The second-order valence-electron chi connectivity index (χ2n) is 5.57. The fourth-order valence-electron chi connectivity index (χ4n) is 3.29. The summed E-state index contributed by atoms with van der Waals surface area (Å²) in [6.45, 7) is 6.06. The highest BCUT2D eigenvalue weighted by Gasteiger charge is 2.57. The molecular weight excluding hydrogens is 204 g/mol. The van der Waals surface area contributed by atoms with Crippen LogP contribution in [0.25, 0.3) is 0 Å². The van der Waals surface area contributed by atoms with Crippen molar-refractivity contribution >= 4 is 5.91 Å². The lowest BCUT2D eigenvalue weighted by Gasteiger charge is -2.60. The number of nitrogens with two attached hydrogens (primary N) is 1. The van der Waals surface area contributed by atoms with Crippen molar-refractivity contribution in [3.8, 4) is 0 Å². The van der Waals surface area contributed by atoms with E-state index < -0.39 is 0 Å². The van der Waals surface area contributed by atoms with Gasteiger partial charge in [0.15, 0.2) is 0 Å². The second kappa shape index (κ2) is 4.34. The second-order valence-corrected chi connectivity index (χ2v) is 5.57. The van der Waals surface area contributed by atoms with Crippen LogP contribution in [-0.2, 0) is 9.53 Å². The van der Waals surface area contributed by atoms with Crippen molar-refractivity contribution in [3.63, 3.8) is 0 Å². The van der Waals surface area contributed by atoms with Gasteiger partial charge in [-0.25, -0.2) is 0 Å². The molecule has 2 aliphatic rings. The van der Waals surface area contributed by atoms with Gasteiger partial charge in [0.1, 0.15) is 0 Å². The van der Waals surface area contributed by atoms with Crippen molar-refractivity contribution in [1.29, 1.82) is 0 Å². The Morgan fingerprint density at radius 1 is 1.56 bits per heavy atom. The van der Waals surface area contributed by atoms with Gasteiger partial charge in [0.2, 0.25) is 5.91 Å². The Labute approximate surface area is 96.9 Å². The number of hydrogen-bond donors (Lipinski definition) is 2. The van der Waals surface area contributed by atoms with E-state index in [0.29, 0.717) is 31.0 Å². The van der Waals surface area contributed by atoms with E-state index in [-0.39, 0.29) is 11.3 Å². The van der Waals surface area contributed by atoms with E-state index in [0.717, 1.165) is 13.0 Å². The molecule has 0 aromatic rings. The van der Waals surface area contributed by atoms with Crippen molar-refractivity contribution in [3.05, 3.63) is 0 Å². The molecule has 0 bridgehead atoms. The zero-order valence-corrected chi connectivity index (χ0v) is 10.2. The molecule has 16 heavy (non-hydrogen) atoms. The predicted octanol–water partition coefficient (Wildman–Crippen LogP) is 0.655. The molecule has 92 valence electrons. The standard InChI is InChI=1S/C12H22N2O2/c1-12(2)10(14-6-5-9(13)15)8-4-3-7-16-11(8)12/h8,10-11,14H,3-7H2,1-2H3,(H2,13,15). The first-order valence-electron chi connectivity index (χ1n) is 6.17. The van der Waals surface area contributed by atoms with Crippen LogP contribution in [0.2, 0.25) is 0 Å². The number of primary amides is 1. The zero-order chi connectivity index (χ0) is 11.8. The lowest BCUT2D eigenvalue weighted by atomic mass is 9.55. The van der Waals surface area contributed by atoms with Gasteiger partial charge in [-0.15, -0.1) is 0 Å². The highest BCUT2D eigenvalue weighted by Crippen LogP contribution is 2.51. The van der Waals surface area contributed by atoms with Gasteiger partial charge in [0.25, 0.3) is 0 Å². The molecule has 4 heteroatoms. The van der Waals surface area contributed by atoms with Crippen LogP contribution < -0.4 is 11.1 Å². The van der Waals surface area contributed by atoms with Gasteiger partial charge in [0.05, 0.1) is 6.10 Å². The lowest BCUT2D eigenvalue weighted by molar-refractivity contribution is -0.192. The largest absolute Gasteiger partial charge is 0.377 e. The smallest absolute Gasteiger partial charge is 0.218 e. The van der Waals surface area contributed by atoms with Gasteiger partial charge in [-0.1, -0.05) is 13.8 Å². The van der Waals surface area contributed by atoms with Crippen LogP contribution in [0.4, 0.5) is 0 Å². The van der Waals surface area contributed by atoms with Crippen LogP contribution in [0.3, 0.4) is 0 Å². The van der Waals surface area contributed by atoms with Gasteiger partial charge >= 0.3 is 0 Å². The number of rotatable bonds is 4. The van der Waals surface area contributed by atoms with Gasteiger partial charge in [-0.05, 0) is 12.8 Å². The van der Waals surface area contributed by atoms with Gasteiger partial charge in [-0.2, -0.15) is 0 Å². The molecule has 2 fully saturated rings. The van der Waals surface area contributed by atoms with E-state index in [9.17, 15) is 4.79 Å². The van der Waals surface area contributed by atoms with E-state index in [1.165, 1.54) is 6.42 Å². The third-order valence-electron chi connectivity index (χ3n) is 4.07. The number of ether oxygens (including phenoxy) is 1. The molecule has 2 rings (SSSR count). The summed E-state index contributed by atoms with van der Waals surface area (Å²) in [6, 6.07) is 0.470. The minimum atomic E-state index is -0.235. The summed E-state index contributed by atoms with van der Waals surface area (Å²) < 4.78 is 5.82. The van der Waals surface area contributed by atoms with Crippen LogP contribution in [-0.4, -0.2) is 31.2 Å². The van der Waals surface area contributed by atoms with Crippen LogP contribution in [0, 0.1) is 11.3 Å². The van der Waals surface area contributed by atoms with Crippen molar-refractivity contribution in [2.24, 2.45) is 17.1 Å². The van der Waals surface area contributed by atoms with Crippen LogP contribution >= 0.6 is 0 Å².